The van der Waals surface area contributed by atoms with E-state index in [9.17, 15) is 4.79 Å². The van der Waals surface area contributed by atoms with Crippen molar-refractivity contribution in [1.29, 1.82) is 0 Å². The van der Waals surface area contributed by atoms with Crippen molar-refractivity contribution in [1.82, 2.24) is 0 Å². The van der Waals surface area contributed by atoms with Gasteiger partial charge in [0.05, 0.1) is 8.07 Å². The van der Waals surface area contributed by atoms with E-state index in [2.05, 4.69) is 67.7 Å². The fourth-order valence-electron chi connectivity index (χ4n) is 3.16. The third kappa shape index (κ3) is 2.91. The van der Waals surface area contributed by atoms with Gasteiger partial charge in [0, 0.05) is 5.92 Å². The monoisotopic (exact) mass is 282 g/mol. The predicted molar refractivity (Wildman–Crippen MR) is 88.0 cm³/mol. The van der Waals surface area contributed by atoms with E-state index >= 15 is 0 Å². The second-order valence-electron chi connectivity index (χ2n) is 5.97. The molecule has 0 bridgehead atoms. The van der Waals surface area contributed by atoms with E-state index < -0.39 is 8.07 Å². The molecule has 104 valence electrons. The molecular formula is C18H22OSi. The predicted octanol–water partition coefficient (Wildman–Crippen LogP) is 3.76. The summed E-state index contributed by atoms with van der Waals surface area (Å²) in [5.74, 6) is 0.0410. The SMILES string of the molecule is C[C@H](C=O)[C@H](c1ccccc1)[Si](C)(C)c1ccccc1. The Morgan fingerprint density at radius 1 is 0.900 bits per heavy atom. The van der Waals surface area contributed by atoms with Crippen molar-refractivity contribution in [2.75, 3.05) is 0 Å². The van der Waals surface area contributed by atoms with Gasteiger partial charge >= 0.3 is 0 Å². The molecule has 0 spiro atoms. The molecule has 0 fully saturated rings. The Labute approximate surface area is 122 Å². The molecular weight excluding hydrogens is 260 g/mol. The second kappa shape index (κ2) is 6.19. The summed E-state index contributed by atoms with van der Waals surface area (Å²) in [7, 11) is -1.76. The summed E-state index contributed by atoms with van der Waals surface area (Å²) in [6, 6.07) is 21.1. The van der Waals surface area contributed by atoms with Crippen molar-refractivity contribution in [3.8, 4) is 0 Å². The Morgan fingerprint density at radius 3 is 1.90 bits per heavy atom. The van der Waals surface area contributed by atoms with E-state index in [-0.39, 0.29) is 5.92 Å². The van der Waals surface area contributed by atoms with Crippen molar-refractivity contribution in [3.05, 3.63) is 66.2 Å². The van der Waals surface area contributed by atoms with Gasteiger partial charge in [-0.3, -0.25) is 0 Å². The molecule has 0 aromatic heterocycles. The van der Waals surface area contributed by atoms with Gasteiger partial charge in [-0.25, -0.2) is 0 Å². The molecule has 20 heavy (non-hydrogen) atoms. The zero-order chi connectivity index (χ0) is 14.6. The Hall–Kier alpha value is -1.67. The molecule has 0 amide bonds. The molecule has 0 aliphatic carbocycles. The van der Waals surface area contributed by atoms with Crippen LogP contribution in [0, 0.1) is 5.92 Å². The van der Waals surface area contributed by atoms with Gasteiger partial charge < -0.3 is 4.79 Å². The summed E-state index contributed by atoms with van der Waals surface area (Å²) in [6.45, 7) is 6.77. The maximum absolute atomic E-state index is 11.4. The van der Waals surface area contributed by atoms with Crippen molar-refractivity contribution in [3.63, 3.8) is 0 Å². The van der Waals surface area contributed by atoms with Crippen molar-refractivity contribution >= 4 is 19.5 Å². The Morgan fingerprint density at radius 2 is 1.40 bits per heavy atom. The molecule has 1 nitrogen and oxygen atoms in total. The molecule has 0 radical (unpaired) electrons. The standard InChI is InChI=1S/C18H22OSi/c1-15(14-19)18(16-10-6-4-7-11-16)20(2,3)17-12-8-5-9-13-17/h4-15,18H,1-3H3/t15-,18-/m1/s1. The van der Waals surface area contributed by atoms with E-state index in [0.717, 1.165) is 6.29 Å². The maximum atomic E-state index is 11.4. The van der Waals surface area contributed by atoms with Gasteiger partial charge in [-0.2, -0.15) is 0 Å². The van der Waals surface area contributed by atoms with Gasteiger partial charge in [-0.05, 0) is 11.1 Å². The van der Waals surface area contributed by atoms with Crippen LogP contribution in [0.5, 0.6) is 0 Å². The van der Waals surface area contributed by atoms with Gasteiger partial charge in [0.1, 0.15) is 6.29 Å². The molecule has 2 aromatic rings. The van der Waals surface area contributed by atoms with Crippen LogP contribution in [-0.4, -0.2) is 14.4 Å². The number of hydrogen-bond acceptors (Lipinski definition) is 1. The first-order valence-electron chi connectivity index (χ1n) is 7.13. The van der Waals surface area contributed by atoms with Crippen LogP contribution < -0.4 is 5.19 Å². The highest BCUT2D eigenvalue weighted by Gasteiger charge is 2.37. The highest BCUT2D eigenvalue weighted by molar-refractivity contribution is 6.91. The molecule has 2 heteroatoms. The van der Waals surface area contributed by atoms with Crippen LogP contribution in [0.3, 0.4) is 0 Å². The summed E-state index contributed by atoms with van der Waals surface area (Å²) in [6.07, 6.45) is 1.11. The van der Waals surface area contributed by atoms with Crippen LogP contribution in [0.25, 0.3) is 0 Å². The first-order chi connectivity index (χ1) is 9.57. The van der Waals surface area contributed by atoms with Crippen LogP contribution in [0.15, 0.2) is 60.7 Å². The van der Waals surface area contributed by atoms with Gasteiger partial charge in [0.15, 0.2) is 0 Å². The van der Waals surface area contributed by atoms with Gasteiger partial charge in [0.2, 0.25) is 0 Å². The molecule has 0 saturated heterocycles. The largest absolute Gasteiger partial charge is 0.303 e. The Balaban J connectivity index is 2.49. The lowest BCUT2D eigenvalue weighted by molar-refractivity contribution is -0.110. The Kier molecular flexibility index (Phi) is 4.56. The molecule has 0 aliphatic heterocycles. The summed E-state index contributed by atoms with van der Waals surface area (Å²) >= 11 is 0. The average Bonchev–Trinajstić information content (AvgIpc) is 2.49. The van der Waals surface area contributed by atoms with Crippen LogP contribution >= 0.6 is 0 Å². The molecule has 0 unspecified atom stereocenters. The third-order valence-electron chi connectivity index (χ3n) is 4.19. The number of rotatable bonds is 5. The normalized spacial score (nSPS) is 14.6. The molecule has 2 aromatic carbocycles. The Bertz CT molecular complexity index is 548. The molecule has 2 rings (SSSR count). The van der Waals surface area contributed by atoms with Gasteiger partial charge in [0.25, 0.3) is 0 Å². The second-order valence-corrected chi connectivity index (χ2v) is 10.6. The van der Waals surface area contributed by atoms with Gasteiger partial charge in [-0.15, -0.1) is 0 Å². The first kappa shape index (κ1) is 14.7. The minimum atomic E-state index is -1.76. The van der Waals surface area contributed by atoms with Crippen LogP contribution in [0.1, 0.15) is 18.0 Å². The zero-order valence-corrected chi connectivity index (χ0v) is 13.4. The van der Waals surface area contributed by atoms with Gasteiger partial charge in [-0.1, -0.05) is 85.9 Å². The lowest BCUT2D eigenvalue weighted by Crippen LogP contribution is -2.50. The van der Waals surface area contributed by atoms with E-state index in [4.69, 9.17) is 0 Å². The minimum Gasteiger partial charge on any atom is -0.303 e. The van der Waals surface area contributed by atoms with Crippen molar-refractivity contribution < 1.29 is 4.79 Å². The lowest BCUT2D eigenvalue weighted by Gasteiger charge is -2.35. The van der Waals surface area contributed by atoms with E-state index in [0.29, 0.717) is 5.54 Å². The van der Waals surface area contributed by atoms with Crippen molar-refractivity contribution in [2.24, 2.45) is 5.92 Å². The number of aldehydes is 1. The number of benzene rings is 2. The van der Waals surface area contributed by atoms with Crippen molar-refractivity contribution in [2.45, 2.75) is 25.6 Å². The van der Waals surface area contributed by atoms with Crippen LogP contribution in [-0.2, 0) is 4.79 Å². The number of carbonyl (C=O) groups excluding carboxylic acids is 1. The fourth-order valence-corrected chi connectivity index (χ4v) is 6.99. The van der Waals surface area contributed by atoms with Crippen LogP contribution in [0.4, 0.5) is 0 Å². The average molecular weight is 282 g/mol. The summed E-state index contributed by atoms with van der Waals surface area (Å²) in [5, 5.41) is 1.41. The third-order valence-corrected chi connectivity index (χ3v) is 8.43. The highest BCUT2D eigenvalue weighted by atomic mass is 28.3. The number of carbonyl (C=O) groups is 1. The molecule has 0 aliphatic rings. The number of hydrogen-bond donors (Lipinski definition) is 0. The quantitative estimate of drug-likeness (QED) is 0.603. The lowest BCUT2D eigenvalue weighted by atomic mass is 10.0. The molecule has 0 N–H and O–H groups in total. The smallest absolute Gasteiger partial charge is 0.123 e. The molecule has 0 saturated carbocycles. The first-order valence-corrected chi connectivity index (χ1v) is 10.2. The minimum absolute atomic E-state index is 0.0410. The van der Waals surface area contributed by atoms with E-state index in [1.165, 1.54) is 10.8 Å². The van der Waals surface area contributed by atoms with E-state index in [1.807, 2.05) is 13.0 Å². The maximum Gasteiger partial charge on any atom is 0.123 e. The highest BCUT2D eigenvalue weighted by Crippen LogP contribution is 2.33. The summed E-state index contributed by atoms with van der Waals surface area (Å²) < 4.78 is 0. The fraction of sp³-hybridized carbons (Fsp3) is 0.278. The molecule has 2 atom stereocenters. The van der Waals surface area contributed by atoms with E-state index in [1.54, 1.807) is 0 Å². The molecule has 0 heterocycles. The van der Waals surface area contributed by atoms with Crippen LogP contribution in [0.2, 0.25) is 13.1 Å². The summed E-state index contributed by atoms with van der Waals surface area (Å²) in [4.78, 5) is 11.4. The zero-order valence-electron chi connectivity index (χ0n) is 12.4. The summed E-state index contributed by atoms with van der Waals surface area (Å²) in [5.41, 5.74) is 1.59. The topological polar surface area (TPSA) is 17.1 Å².